The first-order valence-electron chi connectivity index (χ1n) is 10.4. The van der Waals surface area contributed by atoms with Crippen LogP contribution in [-0.2, 0) is 16.0 Å². The summed E-state index contributed by atoms with van der Waals surface area (Å²) in [4.78, 5) is 6.95. The van der Waals surface area contributed by atoms with E-state index in [2.05, 4.69) is 45.7 Å². The maximum atomic E-state index is 5.93. The molecule has 0 bridgehead atoms. The van der Waals surface area contributed by atoms with Gasteiger partial charge in [0.05, 0.1) is 30.5 Å². The lowest BCUT2D eigenvalue weighted by atomic mass is 9.96. The quantitative estimate of drug-likeness (QED) is 0.702. The highest BCUT2D eigenvalue weighted by molar-refractivity contribution is 7.80. The molecule has 2 aromatic rings. The Labute approximate surface area is 178 Å². The van der Waals surface area contributed by atoms with Gasteiger partial charge >= 0.3 is 0 Å². The molecule has 29 heavy (non-hydrogen) atoms. The fourth-order valence-corrected chi connectivity index (χ4v) is 4.92. The van der Waals surface area contributed by atoms with E-state index in [0.717, 1.165) is 43.3 Å². The average Bonchev–Trinajstić information content (AvgIpc) is 3.42. The molecule has 2 saturated heterocycles. The Morgan fingerprint density at radius 2 is 2.21 bits per heavy atom. The SMILES string of the molecule is COCCn1c(C)cc([C@@H]2[C@@H](c3ccccn3)NC(=S)N2C[C@H]2CCCO2)c1C. The van der Waals surface area contributed by atoms with Gasteiger partial charge in [-0.2, -0.15) is 0 Å². The molecule has 7 heteroatoms. The maximum absolute atomic E-state index is 5.93. The number of aryl methyl sites for hydroxylation is 1. The molecule has 0 aliphatic carbocycles. The van der Waals surface area contributed by atoms with Gasteiger partial charge in [-0.25, -0.2) is 0 Å². The van der Waals surface area contributed by atoms with Gasteiger partial charge < -0.3 is 24.3 Å². The van der Waals surface area contributed by atoms with Crippen molar-refractivity contribution in [2.45, 2.75) is 51.4 Å². The number of hydrogen-bond acceptors (Lipinski definition) is 4. The molecule has 2 aromatic heterocycles. The Kier molecular flexibility index (Phi) is 6.18. The molecule has 2 fully saturated rings. The van der Waals surface area contributed by atoms with Crippen LogP contribution in [0.25, 0.3) is 0 Å². The van der Waals surface area contributed by atoms with Crippen molar-refractivity contribution < 1.29 is 9.47 Å². The first-order chi connectivity index (χ1) is 14.1. The summed E-state index contributed by atoms with van der Waals surface area (Å²) in [7, 11) is 1.74. The Bertz CT molecular complexity index is 848. The second-order valence-electron chi connectivity index (χ2n) is 7.88. The van der Waals surface area contributed by atoms with Crippen LogP contribution in [0.5, 0.6) is 0 Å². The van der Waals surface area contributed by atoms with E-state index in [1.807, 2.05) is 18.3 Å². The molecule has 156 valence electrons. The molecule has 6 nitrogen and oxygen atoms in total. The van der Waals surface area contributed by atoms with Crippen molar-refractivity contribution in [3.8, 4) is 0 Å². The summed E-state index contributed by atoms with van der Waals surface area (Å²) in [6.07, 6.45) is 4.30. The number of nitrogens with zero attached hydrogens (tertiary/aromatic N) is 3. The van der Waals surface area contributed by atoms with E-state index in [1.54, 1.807) is 7.11 Å². The van der Waals surface area contributed by atoms with Crippen molar-refractivity contribution in [1.29, 1.82) is 0 Å². The highest BCUT2D eigenvalue weighted by atomic mass is 32.1. The summed E-state index contributed by atoms with van der Waals surface area (Å²) in [5, 5.41) is 4.33. The monoisotopic (exact) mass is 414 g/mol. The number of methoxy groups -OCH3 is 1. The predicted octanol–water partition coefficient (Wildman–Crippen LogP) is 3.30. The molecule has 0 unspecified atom stereocenters. The van der Waals surface area contributed by atoms with E-state index >= 15 is 0 Å². The second-order valence-corrected chi connectivity index (χ2v) is 8.27. The Balaban J connectivity index is 1.72. The fourth-order valence-electron chi connectivity index (χ4n) is 4.60. The second kappa shape index (κ2) is 8.81. The zero-order valence-corrected chi connectivity index (χ0v) is 18.2. The van der Waals surface area contributed by atoms with Crippen molar-refractivity contribution in [3.05, 3.63) is 53.1 Å². The molecule has 2 aliphatic heterocycles. The van der Waals surface area contributed by atoms with E-state index < -0.39 is 0 Å². The lowest BCUT2D eigenvalue weighted by molar-refractivity contribution is 0.0841. The summed E-state index contributed by atoms with van der Waals surface area (Å²) < 4.78 is 13.6. The normalized spacial score (nSPS) is 24.3. The van der Waals surface area contributed by atoms with Crippen molar-refractivity contribution in [1.82, 2.24) is 19.8 Å². The maximum Gasteiger partial charge on any atom is 0.170 e. The van der Waals surface area contributed by atoms with E-state index in [4.69, 9.17) is 21.7 Å². The van der Waals surface area contributed by atoms with Gasteiger partial charge in [-0.1, -0.05) is 6.07 Å². The van der Waals surface area contributed by atoms with Crippen LogP contribution in [0.3, 0.4) is 0 Å². The summed E-state index contributed by atoms with van der Waals surface area (Å²) >= 11 is 5.79. The van der Waals surface area contributed by atoms with Gasteiger partial charge in [-0.15, -0.1) is 0 Å². The minimum absolute atomic E-state index is 0.0153. The number of pyridine rings is 1. The van der Waals surface area contributed by atoms with Crippen molar-refractivity contribution in [2.75, 3.05) is 26.9 Å². The van der Waals surface area contributed by atoms with Crippen LogP contribution < -0.4 is 5.32 Å². The minimum atomic E-state index is 0.0153. The Morgan fingerprint density at radius 3 is 2.90 bits per heavy atom. The molecule has 0 spiro atoms. The van der Waals surface area contributed by atoms with Crippen LogP contribution in [0.4, 0.5) is 0 Å². The van der Waals surface area contributed by atoms with Gasteiger partial charge in [0, 0.05) is 44.4 Å². The van der Waals surface area contributed by atoms with Gasteiger partial charge in [0.25, 0.3) is 0 Å². The lowest BCUT2D eigenvalue weighted by Gasteiger charge is -2.30. The van der Waals surface area contributed by atoms with Crippen LogP contribution >= 0.6 is 12.2 Å². The number of nitrogens with one attached hydrogen (secondary N) is 1. The highest BCUT2D eigenvalue weighted by Crippen LogP contribution is 2.41. The Hall–Kier alpha value is -1.96. The molecule has 1 N–H and O–H groups in total. The van der Waals surface area contributed by atoms with Crippen LogP contribution in [0.15, 0.2) is 30.5 Å². The van der Waals surface area contributed by atoms with Gasteiger partial charge in [0.2, 0.25) is 0 Å². The van der Waals surface area contributed by atoms with Crippen LogP contribution in [-0.4, -0.2) is 52.5 Å². The number of hydrogen-bond donors (Lipinski definition) is 1. The molecular weight excluding hydrogens is 384 g/mol. The zero-order chi connectivity index (χ0) is 20.4. The molecule has 3 atom stereocenters. The van der Waals surface area contributed by atoms with Gasteiger partial charge in [-0.3, -0.25) is 4.98 Å². The third kappa shape index (κ3) is 4.04. The van der Waals surface area contributed by atoms with E-state index in [-0.39, 0.29) is 18.2 Å². The smallest absolute Gasteiger partial charge is 0.170 e. The number of ether oxygens (including phenoxy) is 2. The lowest BCUT2D eigenvalue weighted by Crippen LogP contribution is -2.36. The zero-order valence-electron chi connectivity index (χ0n) is 17.4. The third-order valence-corrected chi connectivity index (χ3v) is 6.42. The number of thiocarbonyl (C=S) groups is 1. The van der Waals surface area contributed by atoms with E-state index in [9.17, 15) is 0 Å². The molecule has 0 radical (unpaired) electrons. The molecule has 0 saturated carbocycles. The van der Waals surface area contributed by atoms with Crippen molar-refractivity contribution in [2.24, 2.45) is 0 Å². The van der Waals surface area contributed by atoms with Crippen molar-refractivity contribution in [3.63, 3.8) is 0 Å². The average molecular weight is 415 g/mol. The number of aromatic nitrogens is 2. The summed E-state index contributed by atoms with van der Waals surface area (Å²) in [6, 6.07) is 8.46. The van der Waals surface area contributed by atoms with Crippen molar-refractivity contribution >= 4 is 17.3 Å². The van der Waals surface area contributed by atoms with E-state index in [0.29, 0.717) is 6.61 Å². The van der Waals surface area contributed by atoms with Crippen LogP contribution in [0.2, 0.25) is 0 Å². The van der Waals surface area contributed by atoms with Crippen LogP contribution in [0, 0.1) is 13.8 Å². The molecule has 0 amide bonds. The summed E-state index contributed by atoms with van der Waals surface area (Å²) in [5.41, 5.74) is 4.80. The van der Waals surface area contributed by atoms with E-state index in [1.165, 1.54) is 17.0 Å². The summed E-state index contributed by atoms with van der Waals surface area (Å²) in [5.74, 6) is 0. The Morgan fingerprint density at radius 1 is 1.34 bits per heavy atom. The third-order valence-electron chi connectivity index (χ3n) is 6.07. The van der Waals surface area contributed by atoms with Crippen LogP contribution in [0.1, 0.15) is 47.6 Å². The van der Waals surface area contributed by atoms with Gasteiger partial charge in [-0.05, 0) is 62.7 Å². The van der Waals surface area contributed by atoms with Gasteiger partial charge in [0.15, 0.2) is 5.11 Å². The standard InChI is InChI=1S/C22H30N4O2S/c1-15-13-18(16(2)25(15)10-12-27-3)21-20(19-8-4-5-9-23-19)24-22(29)26(21)14-17-7-6-11-28-17/h4-5,8-9,13,17,20-21H,6-7,10-12,14H2,1-3H3,(H,24,29)/t17-,20-,21-/m1/s1. The predicted molar refractivity (Wildman–Crippen MR) is 117 cm³/mol. The molecule has 4 rings (SSSR count). The molecule has 4 heterocycles. The largest absolute Gasteiger partial charge is 0.383 e. The molecule has 2 aliphatic rings. The summed E-state index contributed by atoms with van der Waals surface area (Å²) in [6.45, 7) is 7.55. The minimum Gasteiger partial charge on any atom is -0.383 e. The van der Waals surface area contributed by atoms with Gasteiger partial charge in [0.1, 0.15) is 0 Å². The topological polar surface area (TPSA) is 51.5 Å². The fraction of sp³-hybridized carbons (Fsp3) is 0.545. The highest BCUT2D eigenvalue weighted by Gasteiger charge is 2.42. The molecule has 0 aromatic carbocycles. The number of rotatable bonds is 7. The first kappa shape index (κ1) is 20.3. The first-order valence-corrected chi connectivity index (χ1v) is 10.8. The molecular formula is C22H30N4O2S.